The molecule has 1 N–H and O–H groups in total. The molecule has 0 heterocycles. The summed E-state index contributed by atoms with van der Waals surface area (Å²) in [6.45, 7) is 3.50. The number of aryl methyl sites for hydroxylation is 1. The monoisotopic (exact) mass is 317 g/mol. The number of nitrogens with one attached hydrogen (secondary N) is 1. The molecule has 0 saturated carbocycles. The molecule has 2 heteroatoms. The molecule has 0 aliphatic rings. The van der Waals surface area contributed by atoms with E-state index in [2.05, 4.69) is 54.7 Å². The molecule has 0 saturated heterocycles. The van der Waals surface area contributed by atoms with Crippen LogP contribution in [0.2, 0.25) is 0 Å². The van der Waals surface area contributed by atoms with Crippen LogP contribution in [0, 0.1) is 0 Å². The van der Waals surface area contributed by atoms with Crippen LogP contribution in [0.25, 0.3) is 0 Å². The topological polar surface area (TPSA) is 21.3 Å². The molecular weight excluding hydrogens is 294 g/mol. The summed E-state index contributed by atoms with van der Waals surface area (Å²) in [6.07, 6.45) is 1.07. The zero-order valence-electron chi connectivity index (χ0n) is 14.0. The molecule has 0 bridgehead atoms. The molecule has 0 spiro atoms. The summed E-state index contributed by atoms with van der Waals surface area (Å²) in [5, 5.41) is 3.47. The van der Waals surface area contributed by atoms with Gasteiger partial charge in [-0.05, 0) is 35.7 Å². The van der Waals surface area contributed by atoms with Gasteiger partial charge in [-0.25, -0.2) is 0 Å². The van der Waals surface area contributed by atoms with Crippen LogP contribution in [0.3, 0.4) is 0 Å². The normalized spacial score (nSPS) is 10.4. The Morgan fingerprint density at radius 3 is 2.21 bits per heavy atom. The van der Waals surface area contributed by atoms with E-state index in [1.165, 1.54) is 11.1 Å². The fourth-order valence-electron chi connectivity index (χ4n) is 2.58. The minimum Gasteiger partial charge on any atom is -0.489 e. The summed E-state index contributed by atoms with van der Waals surface area (Å²) in [4.78, 5) is 0. The van der Waals surface area contributed by atoms with E-state index in [4.69, 9.17) is 4.74 Å². The van der Waals surface area contributed by atoms with Crippen LogP contribution in [-0.2, 0) is 19.6 Å². The van der Waals surface area contributed by atoms with Gasteiger partial charge < -0.3 is 10.1 Å². The highest BCUT2D eigenvalue weighted by atomic mass is 16.5. The summed E-state index contributed by atoms with van der Waals surface area (Å²) in [6, 6.07) is 27.0. The molecule has 24 heavy (non-hydrogen) atoms. The molecule has 3 aromatic rings. The number of anilines is 1. The lowest BCUT2D eigenvalue weighted by Crippen LogP contribution is -2.03. The summed E-state index contributed by atoms with van der Waals surface area (Å²) in [7, 11) is 0. The minimum atomic E-state index is 0.586. The first-order valence-electron chi connectivity index (χ1n) is 8.42. The lowest BCUT2D eigenvalue weighted by atomic mass is 10.1. The maximum Gasteiger partial charge on any atom is 0.124 e. The van der Waals surface area contributed by atoms with Gasteiger partial charge in [0.25, 0.3) is 0 Å². The van der Waals surface area contributed by atoms with Crippen LogP contribution in [0.4, 0.5) is 5.69 Å². The second-order valence-corrected chi connectivity index (χ2v) is 5.79. The molecule has 122 valence electrons. The van der Waals surface area contributed by atoms with Gasteiger partial charge in [0.1, 0.15) is 12.4 Å². The maximum atomic E-state index is 6.01. The Labute approximate surface area is 144 Å². The molecule has 0 aliphatic heterocycles. The van der Waals surface area contributed by atoms with E-state index in [-0.39, 0.29) is 0 Å². The van der Waals surface area contributed by atoms with Gasteiger partial charge in [0, 0.05) is 17.8 Å². The van der Waals surface area contributed by atoms with E-state index >= 15 is 0 Å². The number of ether oxygens (including phenoxy) is 1. The van der Waals surface area contributed by atoms with Crippen molar-refractivity contribution < 1.29 is 4.74 Å². The van der Waals surface area contributed by atoms with Gasteiger partial charge >= 0.3 is 0 Å². The van der Waals surface area contributed by atoms with Crippen molar-refractivity contribution in [1.29, 1.82) is 0 Å². The van der Waals surface area contributed by atoms with Crippen molar-refractivity contribution >= 4 is 5.69 Å². The van der Waals surface area contributed by atoms with Crippen LogP contribution in [0.5, 0.6) is 5.75 Å². The molecule has 0 unspecified atom stereocenters. The Hall–Kier alpha value is -2.74. The van der Waals surface area contributed by atoms with Crippen LogP contribution in [0.1, 0.15) is 23.6 Å². The summed E-state index contributed by atoms with van der Waals surface area (Å²) >= 11 is 0. The average molecular weight is 317 g/mol. The average Bonchev–Trinajstić information content (AvgIpc) is 2.66. The van der Waals surface area contributed by atoms with Gasteiger partial charge in [0.05, 0.1) is 0 Å². The van der Waals surface area contributed by atoms with E-state index in [0.717, 1.165) is 30.0 Å². The van der Waals surface area contributed by atoms with E-state index < -0.39 is 0 Å². The van der Waals surface area contributed by atoms with Crippen molar-refractivity contribution in [2.75, 3.05) is 5.32 Å². The Morgan fingerprint density at radius 2 is 1.46 bits per heavy atom. The van der Waals surface area contributed by atoms with Crippen molar-refractivity contribution in [1.82, 2.24) is 0 Å². The van der Waals surface area contributed by atoms with Gasteiger partial charge in [-0.15, -0.1) is 0 Å². The second kappa shape index (κ2) is 8.21. The highest BCUT2D eigenvalue weighted by Gasteiger charge is 2.03. The number of benzene rings is 3. The van der Waals surface area contributed by atoms with Crippen molar-refractivity contribution in [3.63, 3.8) is 0 Å². The molecule has 2 nitrogen and oxygen atoms in total. The van der Waals surface area contributed by atoms with E-state index in [1.54, 1.807) is 0 Å². The molecule has 0 aliphatic carbocycles. The first-order valence-corrected chi connectivity index (χ1v) is 8.42. The van der Waals surface area contributed by atoms with Crippen molar-refractivity contribution in [2.45, 2.75) is 26.5 Å². The fraction of sp³-hybridized carbons (Fsp3) is 0.182. The molecule has 0 aromatic heterocycles. The largest absolute Gasteiger partial charge is 0.489 e. The molecule has 3 rings (SSSR count). The van der Waals surface area contributed by atoms with Gasteiger partial charge in [0.15, 0.2) is 0 Å². The van der Waals surface area contributed by atoms with E-state index in [1.807, 2.05) is 36.4 Å². The second-order valence-electron chi connectivity index (χ2n) is 5.79. The molecule has 0 fully saturated rings. The van der Waals surface area contributed by atoms with Gasteiger partial charge in [-0.1, -0.05) is 67.6 Å². The van der Waals surface area contributed by atoms with Crippen LogP contribution >= 0.6 is 0 Å². The predicted molar refractivity (Wildman–Crippen MR) is 100 cm³/mol. The maximum absolute atomic E-state index is 6.01. The molecule has 3 aromatic carbocycles. The third-order valence-corrected chi connectivity index (χ3v) is 4.05. The van der Waals surface area contributed by atoms with E-state index in [9.17, 15) is 0 Å². The first-order chi connectivity index (χ1) is 11.8. The molecule has 0 radical (unpaired) electrons. The Bertz CT molecular complexity index is 750. The highest BCUT2D eigenvalue weighted by molar-refractivity contribution is 5.46. The standard InChI is InChI=1S/C22H23NO/c1-2-18-12-14-21(15-13-18)23-16-20-10-6-7-11-22(20)24-17-19-8-4-3-5-9-19/h3-15,23H,2,16-17H2,1H3. The zero-order chi connectivity index (χ0) is 16.6. The lowest BCUT2D eigenvalue weighted by molar-refractivity contribution is 0.303. The van der Waals surface area contributed by atoms with Crippen LogP contribution < -0.4 is 10.1 Å². The molecule has 0 atom stereocenters. The number of rotatable bonds is 7. The minimum absolute atomic E-state index is 0.586. The Morgan fingerprint density at radius 1 is 0.750 bits per heavy atom. The quantitative estimate of drug-likeness (QED) is 0.626. The predicted octanol–water partition coefficient (Wildman–Crippen LogP) is 5.44. The first kappa shape index (κ1) is 16.1. The lowest BCUT2D eigenvalue weighted by Gasteiger charge is -2.13. The molecule has 0 amide bonds. The molecular formula is C22H23NO. The van der Waals surface area contributed by atoms with Gasteiger partial charge in [-0.2, -0.15) is 0 Å². The van der Waals surface area contributed by atoms with Crippen molar-refractivity contribution in [2.24, 2.45) is 0 Å². The SMILES string of the molecule is CCc1ccc(NCc2ccccc2OCc2ccccc2)cc1. The van der Waals surface area contributed by atoms with Crippen molar-refractivity contribution in [3.05, 3.63) is 95.6 Å². The van der Waals surface area contributed by atoms with Crippen LogP contribution in [-0.4, -0.2) is 0 Å². The Balaban J connectivity index is 1.63. The van der Waals surface area contributed by atoms with Gasteiger partial charge in [-0.3, -0.25) is 0 Å². The van der Waals surface area contributed by atoms with Gasteiger partial charge in [0.2, 0.25) is 0 Å². The number of para-hydroxylation sites is 1. The highest BCUT2D eigenvalue weighted by Crippen LogP contribution is 2.21. The zero-order valence-corrected chi connectivity index (χ0v) is 14.0. The third kappa shape index (κ3) is 4.39. The summed E-state index contributed by atoms with van der Waals surface area (Å²) < 4.78 is 6.01. The Kier molecular flexibility index (Phi) is 5.52. The number of hydrogen-bond donors (Lipinski definition) is 1. The number of hydrogen-bond acceptors (Lipinski definition) is 2. The summed E-state index contributed by atoms with van der Waals surface area (Å²) in [5.41, 5.74) is 4.82. The van der Waals surface area contributed by atoms with E-state index in [0.29, 0.717) is 6.61 Å². The summed E-state index contributed by atoms with van der Waals surface area (Å²) in [5.74, 6) is 0.930. The smallest absolute Gasteiger partial charge is 0.124 e. The van der Waals surface area contributed by atoms with Crippen molar-refractivity contribution in [3.8, 4) is 5.75 Å². The van der Waals surface area contributed by atoms with Crippen LogP contribution in [0.15, 0.2) is 78.9 Å². The fourth-order valence-corrected chi connectivity index (χ4v) is 2.58. The third-order valence-electron chi connectivity index (χ3n) is 4.05.